The van der Waals surface area contributed by atoms with Crippen molar-refractivity contribution in [3.63, 3.8) is 0 Å². The van der Waals surface area contributed by atoms with Gasteiger partial charge in [-0.05, 0) is 62.7 Å². The SMILES string of the molecule is CC(C)C1(OC(=O)C2C3CC4C(OC(=O)C42)C3OC(=O)CCC(=O)OC(C)C(F)(F)S(=O)(=O)O)CC2CC1C1CCCC21. The fourth-order valence-corrected chi connectivity index (χ4v) is 10.2. The molecule has 0 aromatic rings. The molecule has 6 rings (SSSR count). The highest BCUT2D eigenvalue weighted by atomic mass is 32.2. The molecule has 6 aliphatic rings. The molecular formula is C29H38F2O11S. The van der Waals surface area contributed by atoms with Crippen molar-refractivity contribution < 1.29 is 59.9 Å². The van der Waals surface area contributed by atoms with Gasteiger partial charge in [-0.1, -0.05) is 20.3 Å². The molecule has 43 heavy (non-hydrogen) atoms. The lowest BCUT2D eigenvalue weighted by molar-refractivity contribution is -0.190. The van der Waals surface area contributed by atoms with Gasteiger partial charge in [0.05, 0.1) is 24.7 Å². The number of halogens is 2. The molecule has 11 nitrogen and oxygen atoms in total. The van der Waals surface area contributed by atoms with Gasteiger partial charge in [-0.15, -0.1) is 0 Å². The Kier molecular flexibility index (Phi) is 7.38. The van der Waals surface area contributed by atoms with Gasteiger partial charge in [-0.3, -0.25) is 23.7 Å². The number of alkyl halides is 2. The maximum absolute atomic E-state index is 13.9. The number of fused-ring (bicyclic) bond motifs is 6. The van der Waals surface area contributed by atoms with E-state index in [1.165, 1.54) is 12.8 Å². The van der Waals surface area contributed by atoms with Crippen LogP contribution < -0.4 is 0 Å². The van der Waals surface area contributed by atoms with Crippen molar-refractivity contribution in [2.75, 3.05) is 0 Å². The maximum atomic E-state index is 13.9. The summed E-state index contributed by atoms with van der Waals surface area (Å²) in [6, 6.07) is 0. The summed E-state index contributed by atoms with van der Waals surface area (Å²) < 4.78 is 79.8. The van der Waals surface area contributed by atoms with Crippen LogP contribution in [0.15, 0.2) is 0 Å². The smallest absolute Gasteiger partial charge is 0.405 e. The largest absolute Gasteiger partial charge is 0.458 e. The third-order valence-electron chi connectivity index (χ3n) is 11.5. The Labute approximate surface area is 248 Å². The summed E-state index contributed by atoms with van der Waals surface area (Å²) in [6.07, 6.45) is 0.464. The van der Waals surface area contributed by atoms with Crippen LogP contribution in [0.4, 0.5) is 8.78 Å². The molecule has 0 spiro atoms. The Morgan fingerprint density at radius 2 is 1.72 bits per heavy atom. The first-order chi connectivity index (χ1) is 20.1. The highest BCUT2D eigenvalue weighted by Crippen LogP contribution is 2.66. The van der Waals surface area contributed by atoms with Crippen molar-refractivity contribution in [2.24, 2.45) is 53.3 Å². The highest BCUT2D eigenvalue weighted by Gasteiger charge is 2.71. The molecule has 0 aromatic carbocycles. The Hall–Kier alpha value is -2.35. The van der Waals surface area contributed by atoms with Gasteiger partial charge in [-0.2, -0.15) is 17.2 Å². The molecule has 12 atom stereocenters. The van der Waals surface area contributed by atoms with E-state index in [1.54, 1.807) is 0 Å². The molecule has 0 amide bonds. The fraction of sp³-hybridized carbons (Fsp3) is 0.862. The van der Waals surface area contributed by atoms with Gasteiger partial charge in [0.15, 0.2) is 6.10 Å². The van der Waals surface area contributed by atoms with Gasteiger partial charge in [0.25, 0.3) is 0 Å². The molecule has 0 radical (unpaired) electrons. The first-order valence-corrected chi connectivity index (χ1v) is 16.7. The first-order valence-electron chi connectivity index (χ1n) is 15.2. The standard InChI is InChI=1S/C29H38F2O11S/c1-12(2)28(11-14-9-19(28)16-6-4-5-15(14)16)42-27(35)23-18-10-17-22(23)26(34)41-25(17)24(18)40-21(33)8-7-20(32)39-13(3)29(30,31)43(36,37)38/h12-19,22-25H,4-11H2,1-3H3,(H,36,37,38). The average Bonchev–Trinajstić information content (AvgIpc) is 3.72. The molecule has 4 bridgehead atoms. The predicted octanol–water partition coefficient (Wildman–Crippen LogP) is 3.29. The van der Waals surface area contributed by atoms with Crippen LogP contribution in [-0.2, 0) is 48.2 Å². The van der Waals surface area contributed by atoms with E-state index >= 15 is 0 Å². The number of ether oxygens (including phenoxy) is 4. The molecule has 1 heterocycles. The van der Waals surface area contributed by atoms with E-state index < -0.39 is 93.8 Å². The second kappa shape index (κ2) is 10.3. The second-order valence-electron chi connectivity index (χ2n) is 13.7. The molecule has 1 saturated heterocycles. The highest BCUT2D eigenvalue weighted by molar-refractivity contribution is 7.86. The molecule has 5 saturated carbocycles. The van der Waals surface area contributed by atoms with Crippen molar-refractivity contribution in [3.8, 4) is 0 Å². The summed E-state index contributed by atoms with van der Waals surface area (Å²) in [5, 5.41) is -4.73. The lowest BCUT2D eigenvalue weighted by Crippen LogP contribution is -2.52. The third kappa shape index (κ3) is 4.67. The normalized spacial score (nSPS) is 41.3. The maximum Gasteiger partial charge on any atom is 0.405 e. The monoisotopic (exact) mass is 632 g/mol. The zero-order valence-corrected chi connectivity index (χ0v) is 25.1. The second-order valence-corrected chi connectivity index (χ2v) is 15.2. The zero-order chi connectivity index (χ0) is 31.2. The molecule has 5 aliphatic carbocycles. The Bertz CT molecular complexity index is 1320. The first kappa shape index (κ1) is 30.7. The van der Waals surface area contributed by atoms with E-state index in [1.807, 2.05) is 0 Å². The van der Waals surface area contributed by atoms with Crippen molar-refractivity contribution in [1.29, 1.82) is 0 Å². The van der Waals surface area contributed by atoms with Crippen LogP contribution in [0.2, 0.25) is 0 Å². The number of carbonyl (C=O) groups excluding carboxylic acids is 4. The quantitative estimate of drug-likeness (QED) is 0.214. The van der Waals surface area contributed by atoms with E-state index in [2.05, 4.69) is 18.6 Å². The van der Waals surface area contributed by atoms with Crippen LogP contribution in [0.1, 0.15) is 72.1 Å². The lowest BCUT2D eigenvalue weighted by atomic mass is 9.68. The number of hydrogen-bond donors (Lipinski definition) is 1. The molecule has 1 aliphatic heterocycles. The van der Waals surface area contributed by atoms with Crippen molar-refractivity contribution in [2.45, 2.75) is 101 Å². The topological polar surface area (TPSA) is 160 Å². The van der Waals surface area contributed by atoms with Crippen molar-refractivity contribution in [3.05, 3.63) is 0 Å². The molecule has 6 fully saturated rings. The van der Waals surface area contributed by atoms with Crippen LogP contribution in [0.3, 0.4) is 0 Å². The molecule has 1 N–H and O–H groups in total. The summed E-state index contributed by atoms with van der Waals surface area (Å²) in [4.78, 5) is 51.5. The van der Waals surface area contributed by atoms with Crippen LogP contribution >= 0.6 is 0 Å². The van der Waals surface area contributed by atoms with E-state index in [-0.39, 0.29) is 11.8 Å². The number of hydrogen-bond acceptors (Lipinski definition) is 10. The fourth-order valence-electron chi connectivity index (χ4n) is 9.71. The van der Waals surface area contributed by atoms with Gasteiger partial charge in [0, 0.05) is 17.8 Å². The van der Waals surface area contributed by atoms with Gasteiger partial charge >= 0.3 is 39.2 Å². The Morgan fingerprint density at radius 3 is 2.40 bits per heavy atom. The minimum atomic E-state index is -5.83. The lowest BCUT2D eigenvalue weighted by Gasteiger charge is -2.46. The van der Waals surface area contributed by atoms with Gasteiger partial charge in [0.1, 0.15) is 17.8 Å². The summed E-state index contributed by atoms with van der Waals surface area (Å²) in [6.45, 7) is 4.76. The minimum absolute atomic E-state index is 0.100. The van der Waals surface area contributed by atoms with Crippen molar-refractivity contribution in [1.82, 2.24) is 0 Å². The van der Waals surface area contributed by atoms with Crippen LogP contribution in [0.25, 0.3) is 0 Å². The Balaban J connectivity index is 1.10. The van der Waals surface area contributed by atoms with Crippen molar-refractivity contribution >= 4 is 34.0 Å². The van der Waals surface area contributed by atoms with Crippen LogP contribution in [-0.4, -0.2) is 66.0 Å². The number of esters is 4. The van der Waals surface area contributed by atoms with Gasteiger partial charge in [0.2, 0.25) is 0 Å². The van der Waals surface area contributed by atoms with Crippen LogP contribution in [0, 0.1) is 53.3 Å². The van der Waals surface area contributed by atoms with E-state index in [0.717, 1.165) is 19.3 Å². The van der Waals surface area contributed by atoms with E-state index in [0.29, 0.717) is 37.0 Å². The molecule has 0 aromatic heterocycles. The molecule has 14 heteroatoms. The summed E-state index contributed by atoms with van der Waals surface area (Å²) >= 11 is 0. The van der Waals surface area contributed by atoms with Gasteiger partial charge in [-0.25, -0.2) is 0 Å². The van der Waals surface area contributed by atoms with E-state index in [4.69, 9.17) is 18.8 Å². The number of rotatable bonds is 10. The zero-order valence-electron chi connectivity index (χ0n) is 24.3. The molecule has 240 valence electrons. The molecule has 12 unspecified atom stereocenters. The van der Waals surface area contributed by atoms with E-state index in [9.17, 15) is 36.4 Å². The molecular weight excluding hydrogens is 594 g/mol. The third-order valence-corrected chi connectivity index (χ3v) is 12.5. The summed E-state index contributed by atoms with van der Waals surface area (Å²) in [7, 11) is -5.83. The number of carbonyl (C=O) groups is 4. The average molecular weight is 633 g/mol. The summed E-state index contributed by atoms with van der Waals surface area (Å²) in [5.74, 6) is -3.29. The minimum Gasteiger partial charge on any atom is -0.458 e. The Morgan fingerprint density at radius 1 is 1.05 bits per heavy atom. The van der Waals surface area contributed by atoms with Gasteiger partial charge < -0.3 is 18.9 Å². The van der Waals surface area contributed by atoms with Crippen LogP contribution in [0.5, 0.6) is 0 Å². The summed E-state index contributed by atoms with van der Waals surface area (Å²) in [5.41, 5.74) is -0.590. The predicted molar refractivity (Wildman–Crippen MR) is 140 cm³/mol.